The zero-order valence-electron chi connectivity index (χ0n) is 10.9. The van der Waals surface area contributed by atoms with Crippen LogP contribution in [0.3, 0.4) is 0 Å². The molecule has 0 unspecified atom stereocenters. The van der Waals surface area contributed by atoms with Crippen molar-refractivity contribution in [2.45, 2.75) is 6.92 Å². The number of anilines is 1. The first-order valence-electron chi connectivity index (χ1n) is 5.52. The summed E-state index contributed by atoms with van der Waals surface area (Å²) in [4.78, 5) is 34.7. The van der Waals surface area contributed by atoms with Gasteiger partial charge in [0.1, 0.15) is 0 Å². The van der Waals surface area contributed by atoms with Gasteiger partial charge in [-0.05, 0) is 19.1 Å². The molecule has 0 spiro atoms. The molecule has 1 rings (SSSR count). The van der Waals surface area contributed by atoms with Gasteiger partial charge in [0.15, 0.2) is 0 Å². The van der Waals surface area contributed by atoms with Crippen LogP contribution < -0.4 is 5.32 Å². The molecular weight excluding hydrogens is 250 g/mol. The molecule has 1 N–H and O–H groups in total. The van der Waals surface area contributed by atoms with Crippen molar-refractivity contribution in [3.8, 4) is 0 Å². The van der Waals surface area contributed by atoms with Crippen LogP contribution >= 0.6 is 0 Å². The minimum Gasteiger partial charge on any atom is -0.468 e. The molecule has 102 valence electrons. The molecule has 0 aliphatic heterocycles. The van der Waals surface area contributed by atoms with Gasteiger partial charge < -0.3 is 14.8 Å². The second-order valence-corrected chi connectivity index (χ2v) is 3.83. The smallest absolute Gasteiger partial charge is 0.329 e. The molecule has 19 heavy (non-hydrogen) atoms. The summed E-state index contributed by atoms with van der Waals surface area (Å²) in [7, 11) is 2.19. The highest BCUT2D eigenvalue weighted by Crippen LogP contribution is 2.12. The Balaban J connectivity index is 2.85. The van der Waals surface area contributed by atoms with Gasteiger partial charge in [-0.1, -0.05) is 17.7 Å². The Morgan fingerprint density at radius 1 is 1.00 bits per heavy atom. The van der Waals surface area contributed by atoms with Crippen LogP contribution in [0.15, 0.2) is 24.3 Å². The molecule has 0 atom stereocenters. The van der Waals surface area contributed by atoms with Crippen LogP contribution in [0, 0.1) is 12.8 Å². The Morgan fingerprint density at radius 2 is 1.47 bits per heavy atom. The van der Waals surface area contributed by atoms with E-state index in [9.17, 15) is 14.4 Å². The molecule has 0 aliphatic carbocycles. The molecule has 0 fully saturated rings. The van der Waals surface area contributed by atoms with E-state index >= 15 is 0 Å². The first kappa shape index (κ1) is 14.7. The number of nitrogens with one attached hydrogen (secondary N) is 1. The van der Waals surface area contributed by atoms with Crippen LogP contribution in [-0.4, -0.2) is 32.1 Å². The molecule has 6 nitrogen and oxygen atoms in total. The number of esters is 2. The third-order valence-electron chi connectivity index (χ3n) is 2.46. The summed E-state index contributed by atoms with van der Waals surface area (Å²) in [5, 5.41) is 2.46. The molecule has 0 heterocycles. The fourth-order valence-corrected chi connectivity index (χ4v) is 1.40. The molecule has 6 heteroatoms. The van der Waals surface area contributed by atoms with Crippen molar-refractivity contribution < 1.29 is 23.9 Å². The fourth-order valence-electron chi connectivity index (χ4n) is 1.40. The number of ether oxygens (including phenoxy) is 2. The number of hydrogen-bond donors (Lipinski definition) is 1. The molecule has 1 aromatic rings. The Morgan fingerprint density at radius 3 is 1.89 bits per heavy atom. The first-order chi connectivity index (χ1) is 8.99. The zero-order chi connectivity index (χ0) is 14.4. The molecular formula is C13H15NO5. The highest BCUT2D eigenvalue weighted by molar-refractivity contribution is 6.18. The summed E-state index contributed by atoms with van der Waals surface area (Å²) in [5.74, 6) is -4.34. The van der Waals surface area contributed by atoms with E-state index in [0.717, 1.165) is 19.8 Å². The molecule has 0 saturated heterocycles. The molecule has 0 bridgehead atoms. The second-order valence-electron chi connectivity index (χ2n) is 3.83. The largest absolute Gasteiger partial charge is 0.468 e. The molecule has 1 amide bonds. The van der Waals surface area contributed by atoms with Gasteiger partial charge in [-0.25, -0.2) is 0 Å². The Hall–Kier alpha value is -2.37. The maximum Gasteiger partial charge on any atom is 0.329 e. The Labute approximate surface area is 110 Å². The van der Waals surface area contributed by atoms with Gasteiger partial charge in [0.05, 0.1) is 14.2 Å². The Kier molecular flexibility index (Phi) is 5.05. The lowest BCUT2D eigenvalue weighted by Gasteiger charge is -2.12. The topological polar surface area (TPSA) is 81.7 Å². The van der Waals surface area contributed by atoms with Crippen LogP contribution in [0.25, 0.3) is 0 Å². The number of benzene rings is 1. The first-order valence-corrected chi connectivity index (χ1v) is 5.52. The quantitative estimate of drug-likeness (QED) is 0.646. The van der Waals surface area contributed by atoms with Crippen molar-refractivity contribution in [1.29, 1.82) is 0 Å². The van der Waals surface area contributed by atoms with E-state index in [1.807, 2.05) is 6.92 Å². The van der Waals surface area contributed by atoms with Gasteiger partial charge in [-0.2, -0.15) is 0 Å². The number of rotatable bonds is 4. The maximum atomic E-state index is 11.9. The third-order valence-corrected chi connectivity index (χ3v) is 2.46. The summed E-state index contributed by atoms with van der Waals surface area (Å²) in [6.07, 6.45) is 0. The summed E-state index contributed by atoms with van der Waals surface area (Å²) >= 11 is 0. The zero-order valence-corrected chi connectivity index (χ0v) is 10.9. The maximum absolute atomic E-state index is 11.9. The number of methoxy groups -OCH3 is 2. The fraction of sp³-hybridized carbons (Fsp3) is 0.308. The monoisotopic (exact) mass is 265 g/mol. The van der Waals surface area contributed by atoms with E-state index < -0.39 is 23.8 Å². The van der Waals surface area contributed by atoms with Crippen LogP contribution in [0.4, 0.5) is 5.69 Å². The van der Waals surface area contributed by atoms with E-state index in [4.69, 9.17) is 0 Å². The van der Waals surface area contributed by atoms with Gasteiger partial charge >= 0.3 is 11.9 Å². The van der Waals surface area contributed by atoms with Crippen molar-refractivity contribution in [2.75, 3.05) is 19.5 Å². The second kappa shape index (κ2) is 6.53. The van der Waals surface area contributed by atoms with Gasteiger partial charge in [-0.15, -0.1) is 0 Å². The van der Waals surface area contributed by atoms with Crippen LogP contribution in [0.1, 0.15) is 5.56 Å². The van der Waals surface area contributed by atoms with Crippen molar-refractivity contribution in [1.82, 2.24) is 0 Å². The predicted molar refractivity (Wildman–Crippen MR) is 67.3 cm³/mol. The number of aryl methyl sites for hydroxylation is 1. The van der Waals surface area contributed by atoms with Crippen LogP contribution in [-0.2, 0) is 23.9 Å². The summed E-state index contributed by atoms with van der Waals surface area (Å²) in [6, 6.07) is 6.92. The summed E-state index contributed by atoms with van der Waals surface area (Å²) in [5.41, 5.74) is 1.50. The minimum absolute atomic E-state index is 0.480. The van der Waals surface area contributed by atoms with Gasteiger partial charge in [0, 0.05) is 5.69 Å². The van der Waals surface area contributed by atoms with E-state index in [1.54, 1.807) is 24.3 Å². The molecule has 0 radical (unpaired) electrons. The molecule has 1 aromatic carbocycles. The highest BCUT2D eigenvalue weighted by atomic mass is 16.5. The van der Waals surface area contributed by atoms with E-state index in [-0.39, 0.29) is 0 Å². The van der Waals surface area contributed by atoms with Crippen molar-refractivity contribution in [3.63, 3.8) is 0 Å². The average Bonchev–Trinajstić information content (AvgIpc) is 2.41. The van der Waals surface area contributed by atoms with E-state index in [1.165, 1.54) is 0 Å². The van der Waals surface area contributed by atoms with Crippen LogP contribution in [0.2, 0.25) is 0 Å². The summed E-state index contributed by atoms with van der Waals surface area (Å²) in [6.45, 7) is 1.90. The lowest BCUT2D eigenvalue weighted by atomic mass is 10.1. The van der Waals surface area contributed by atoms with Gasteiger partial charge in [-0.3, -0.25) is 14.4 Å². The van der Waals surface area contributed by atoms with Crippen molar-refractivity contribution in [2.24, 2.45) is 5.92 Å². The molecule has 0 aromatic heterocycles. The van der Waals surface area contributed by atoms with Crippen LogP contribution in [0.5, 0.6) is 0 Å². The standard InChI is InChI=1S/C13H15NO5/c1-8-4-6-9(7-5-8)14-11(15)10(12(16)18-2)13(17)19-3/h4-7,10H,1-3H3,(H,14,15). The molecule has 0 saturated carbocycles. The average molecular weight is 265 g/mol. The van der Waals surface area contributed by atoms with E-state index in [2.05, 4.69) is 14.8 Å². The predicted octanol–water partition coefficient (Wildman–Crippen LogP) is 0.896. The van der Waals surface area contributed by atoms with Gasteiger partial charge in [0.25, 0.3) is 0 Å². The lowest BCUT2D eigenvalue weighted by molar-refractivity contribution is -0.160. The Bertz CT molecular complexity index is 464. The number of hydrogen-bond acceptors (Lipinski definition) is 5. The number of carbonyl (C=O) groups is 3. The highest BCUT2D eigenvalue weighted by Gasteiger charge is 2.36. The van der Waals surface area contributed by atoms with Crippen molar-refractivity contribution >= 4 is 23.5 Å². The number of amides is 1. The minimum atomic E-state index is -1.63. The lowest BCUT2D eigenvalue weighted by Crippen LogP contribution is -2.37. The molecule has 0 aliphatic rings. The van der Waals surface area contributed by atoms with Gasteiger partial charge in [0.2, 0.25) is 11.8 Å². The summed E-state index contributed by atoms with van der Waals surface area (Å²) < 4.78 is 8.83. The number of carbonyl (C=O) groups excluding carboxylic acids is 3. The third kappa shape index (κ3) is 3.80. The van der Waals surface area contributed by atoms with Crippen molar-refractivity contribution in [3.05, 3.63) is 29.8 Å². The van der Waals surface area contributed by atoms with E-state index in [0.29, 0.717) is 5.69 Å². The SMILES string of the molecule is COC(=O)C(C(=O)Nc1ccc(C)cc1)C(=O)OC. The normalized spacial score (nSPS) is 9.89.